The van der Waals surface area contributed by atoms with Crippen LogP contribution >= 0.6 is 0 Å². The Bertz CT molecular complexity index is 1400. The van der Waals surface area contributed by atoms with Crippen molar-refractivity contribution in [2.75, 3.05) is 11.9 Å². The van der Waals surface area contributed by atoms with E-state index in [1.807, 2.05) is 20.8 Å². The number of hydrogen-bond acceptors (Lipinski definition) is 5. The van der Waals surface area contributed by atoms with Gasteiger partial charge in [0.05, 0.1) is 0 Å². The van der Waals surface area contributed by atoms with Crippen LogP contribution in [0.3, 0.4) is 0 Å². The zero-order valence-corrected chi connectivity index (χ0v) is 23.1. The van der Waals surface area contributed by atoms with Crippen molar-refractivity contribution < 1.29 is 18.0 Å². The molecule has 1 amide bonds. The molecule has 8 nitrogen and oxygen atoms in total. The molecule has 0 unspecified atom stereocenters. The van der Waals surface area contributed by atoms with Crippen LogP contribution in [0, 0.1) is 11.8 Å². The average Bonchev–Trinajstić information content (AvgIpc) is 3.56. The van der Waals surface area contributed by atoms with Crippen molar-refractivity contribution in [1.29, 1.82) is 0 Å². The normalized spacial score (nSPS) is 21.3. The molecule has 3 aromatic heterocycles. The van der Waals surface area contributed by atoms with Gasteiger partial charge in [-0.15, -0.1) is 0 Å². The number of carbonyl (C=O) groups excluding carboxylic acids is 1. The molecular formula is C26H30F3N7OSe. The summed E-state index contributed by atoms with van der Waals surface area (Å²) in [5.74, 6) is 5.89. The number of nitrogens with one attached hydrogen (secondary N) is 3. The van der Waals surface area contributed by atoms with E-state index in [9.17, 15) is 18.0 Å². The fraction of sp³-hybridized carbons (Fsp3) is 0.500. The molecule has 0 radical (unpaired) electrons. The molecule has 3 atom stereocenters. The van der Waals surface area contributed by atoms with Crippen LogP contribution in [0.2, 0.25) is 0 Å². The van der Waals surface area contributed by atoms with Crippen molar-refractivity contribution in [3.63, 3.8) is 0 Å². The third kappa shape index (κ3) is 5.85. The van der Waals surface area contributed by atoms with E-state index in [1.54, 1.807) is 27.5 Å². The van der Waals surface area contributed by atoms with E-state index in [0.29, 0.717) is 29.0 Å². The second-order valence-corrected chi connectivity index (χ2v) is 12.9. The zero-order chi connectivity index (χ0) is 27.1. The summed E-state index contributed by atoms with van der Waals surface area (Å²) in [6, 6.07) is 2.73. The van der Waals surface area contributed by atoms with Crippen LogP contribution in [-0.2, 0) is 5.54 Å². The number of nitrogens with zero attached hydrogens (tertiary/aromatic N) is 4. The summed E-state index contributed by atoms with van der Waals surface area (Å²) in [6.07, 6.45) is 10.5. The molecule has 2 aliphatic rings. The fourth-order valence-electron chi connectivity index (χ4n) is 4.99. The van der Waals surface area contributed by atoms with Gasteiger partial charge in [0.15, 0.2) is 0 Å². The maximum absolute atomic E-state index is 13.5. The monoisotopic (exact) mass is 593 g/mol. The van der Waals surface area contributed by atoms with Gasteiger partial charge in [-0.05, 0) is 0 Å². The Morgan fingerprint density at radius 3 is 2.76 bits per heavy atom. The molecule has 2 bridgehead atoms. The first kappa shape index (κ1) is 26.6. The van der Waals surface area contributed by atoms with Crippen LogP contribution in [0.15, 0.2) is 30.9 Å². The van der Waals surface area contributed by atoms with Crippen LogP contribution in [-0.4, -0.2) is 69.8 Å². The average molecular weight is 593 g/mol. The van der Waals surface area contributed by atoms with Gasteiger partial charge >= 0.3 is 225 Å². The first-order valence-electron chi connectivity index (χ1n) is 12.6. The standard InChI is InChI=1S/C26H30F3N7OSe/c1-25(2,3)36-15-17(14-32-36)23(37)31-10-4-5-16-13-21-22(34-20-9-7-18-6-8-19(20)33-18)30-11-12-35(21)24(16)38-26(27,28)29/h11-15,18-20,33H,6-10H2,1-3H3,(H,30,34)(H,31,37)/t18-,19+,20+/m0/s1. The summed E-state index contributed by atoms with van der Waals surface area (Å²) < 4.78 is 43.9. The Kier molecular flexibility index (Phi) is 7.20. The Labute approximate surface area is 225 Å². The Balaban J connectivity index is 1.36. The van der Waals surface area contributed by atoms with Crippen LogP contribution in [0.1, 0.15) is 62.4 Å². The number of piperidine rings is 1. The van der Waals surface area contributed by atoms with E-state index in [4.69, 9.17) is 0 Å². The van der Waals surface area contributed by atoms with E-state index in [1.165, 1.54) is 12.4 Å². The minimum absolute atomic E-state index is 0.00979. The molecule has 2 saturated heterocycles. The van der Waals surface area contributed by atoms with E-state index >= 15 is 0 Å². The molecule has 3 N–H and O–H groups in total. The number of alkyl halides is 3. The predicted octanol–water partition coefficient (Wildman–Crippen LogP) is 2.61. The summed E-state index contributed by atoms with van der Waals surface area (Å²) in [5.41, 5.74) is 0.986. The zero-order valence-electron chi connectivity index (χ0n) is 21.4. The number of fused-ring (bicyclic) bond motifs is 3. The predicted molar refractivity (Wildman–Crippen MR) is 140 cm³/mol. The Hall–Kier alpha value is -3.00. The molecule has 12 heteroatoms. The molecular weight excluding hydrogens is 562 g/mol. The maximum atomic E-state index is 13.5. The molecule has 5 rings (SSSR count). The SMILES string of the molecule is CC(C)(C)n1cc(C(=O)NCC#Cc2cc3c(N[C@@H]4CC[C@@H]5CC[C@H]4N5)nccn3c2[Se]C(F)(F)F)cn1. The van der Waals surface area contributed by atoms with Gasteiger partial charge in [-0.2, -0.15) is 0 Å². The van der Waals surface area contributed by atoms with Crippen molar-refractivity contribution in [2.24, 2.45) is 0 Å². The number of aromatic nitrogens is 4. The molecule has 38 heavy (non-hydrogen) atoms. The van der Waals surface area contributed by atoms with E-state index in [0.717, 1.165) is 25.7 Å². The summed E-state index contributed by atoms with van der Waals surface area (Å²) in [4.78, 5) is 16.9. The molecule has 3 aromatic rings. The third-order valence-electron chi connectivity index (χ3n) is 6.87. The fourth-order valence-corrected chi connectivity index (χ4v) is 6.45. The van der Waals surface area contributed by atoms with Gasteiger partial charge in [0.2, 0.25) is 0 Å². The topological polar surface area (TPSA) is 88.3 Å². The van der Waals surface area contributed by atoms with Crippen LogP contribution < -0.4 is 20.5 Å². The molecule has 5 heterocycles. The number of amides is 1. The van der Waals surface area contributed by atoms with Gasteiger partial charge < -0.3 is 0 Å². The molecule has 0 aromatic carbocycles. The quantitative estimate of drug-likeness (QED) is 0.313. The van der Waals surface area contributed by atoms with Crippen LogP contribution in [0.5, 0.6) is 0 Å². The number of carbonyl (C=O) groups is 1. The summed E-state index contributed by atoms with van der Waals surface area (Å²) in [6.45, 7) is 5.91. The van der Waals surface area contributed by atoms with E-state index < -0.39 is 20.0 Å². The Morgan fingerprint density at radius 2 is 2.03 bits per heavy atom. The third-order valence-corrected chi connectivity index (χ3v) is 8.63. The second kappa shape index (κ2) is 10.3. The first-order valence-corrected chi connectivity index (χ1v) is 14.3. The number of rotatable bonds is 5. The summed E-state index contributed by atoms with van der Waals surface area (Å²) in [7, 11) is 0. The first-order chi connectivity index (χ1) is 18.0. The summed E-state index contributed by atoms with van der Waals surface area (Å²) in [5, 5.41) is 9.66. The molecule has 2 fully saturated rings. The molecule has 2 aliphatic heterocycles. The molecule has 0 spiro atoms. The second-order valence-electron chi connectivity index (χ2n) is 10.6. The van der Waals surface area contributed by atoms with Crippen LogP contribution in [0.4, 0.5) is 19.0 Å². The van der Waals surface area contributed by atoms with E-state index in [2.05, 4.69) is 37.9 Å². The number of hydrogen-bond donors (Lipinski definition) is 3. The van der Waals surface area contributed by atoms with Gasteiger partial charge in [-0.3, -0.25) is 0 Å². The Morgan fingerprint density at radius 1 is 1.24 bits per heavy atom. The van der Waals surface area contributed by atoms with Crippen molar-refractivity contribution >= 4 is 36.8 Å². The number of halogens is 3. The molecule has 202 valence electrons. The molecule has 0 aliphatic carbocycles. The number of anilines is 1. The molecule has 0 saturated carbocycles. The van der Waals surface area contributed by atoms with Crippen molar-refractivity contribution in [3.8, 4) is 11.8 Å². The van der Waals surface area contributed by atoms with Gasteiger partial charge in [-0.1, -0.05) is 0 Å². The van der Waals surface area contributed by atoms with Crippen molar-refractivity contribution in [2.45, 2.75) is 75.2 Å². The van der Waals surface area contributed by atoms with Gasteiger partial charge in [0, 0.05) is 0 Å². The van der Waals surface area contributed by atoms with Crippen molar-refractivity contribution in [1.82, 2.24) is 29.8 Å². The summed E-state index contributed by atoms with van der Waals surface area (Å²) >= 11 is -1.81. The van der Waals surface area contributed by atoms with Crippen LogP contribution in [0.25, 0.3) is 5.52 Å². The van der Waals surface area contributed by atoms with Crippen molar-refractivity contribution in [3.05, 3.63) is 42.0 Å². The van der Waals surface area contributed by atoms with Gasteiger partial charge in [-0.25, -0.2) is 0 Å². The minimum atomic E-state index is -4.35. The van der Waals surface area contributed by atoms with E-state index in [-0.39, 0.29) is 34.2 Å². The van der Waals surface area contributed by atoms with Gasteiger partial charge in [0.1, 0.15) is 0 Å². The van der Waals surface area contributed by atoms with Gasteiger partial charge in [0.25, 0.3) is 0 Å².